The predicted octanol–water partition coefficient (Wildman–Crippen LogP) is 3.19. The zero-order valence-corrected chi connectivity index (χ0v) is 17.4. The summed E-state index contributed by atoms with van der Waals surface area (Å²) in [4.78, 5) is 15.0. The molecule has 0 bridgehead atoms. The quantitative estimate of drug-likeness (QED) is 0.785. The van der Waals surface area contributed by atoms with Crippen LogP contribution in [0, 0.1) is 6.92 Å². The molecule has 2 N–H and O–H groups in total. The molecule has 2 fully saturated rings. The normalized spacial score (nSPS) is 18.8. The summed E-state index contributed by atoms with van der Waals surface area (Å²) in [5, 5.41) is 10.6. The molecule has 1 saturated heterocycles. The van der Waals surface area contributed by atoms with Crippen molar-refractivity contribution >= 4 is 11.8 Å². The van der Waals surface area contributed by atoms with Crippen molar-refractivity contribution in [1.29, 1.82) is 0 Å². The Kier molecular flexibility index (Phi) is 6.16. The smallest absolute Gasteiger partial charge is 0.320 e. The summed E-state index contributed by atoms with van der Waals surface area (Å²) in [6, 6.07) is 10.5. The van der Waals surface area contributed by atoms with Crippen LogP contribution in [0.4, 0.5) is 10.6 Å². The van der Waals surface area contributed by atoms with Gasteiger partial charge >= 0.3 is 6.03 Å². The molecule has 1 atom stereocenters. The zero-order valence-electron chi connectivity index (χ0n) is 17.4. The summed E-state index contributed by atoms with van der Waals surface area (Å²) >= 11 is 0. The highest BCUT2D eigenvalue weighted by molar-refractivity contribution is 5.88. The number of benzene rings is 1. The first-order chi connectivity index (χ1) is 14.1. The number of carbonyl (C=O) groups is 1. The number of hydrogen-bond donors (Lipinski definition) is 2. The van der Waals surface area contributed by atoms with E-state index >= 15 is 0 Å². The molecule has 0 spiro atoms. The van der Waals surface area contributed by atoms with Crippen LogP contribution in [-0.4, -0.2) is 53.6 Å². The highest BCUT2D eigenvalue weighted by atomic mass is 16.5. The number of amides is 2. The summed E-state index contributed by atoms with van der Waals surface area (Å²) in [5.41, 5.74) is 3.53. The molecule has 4 rings (SSSR count). The Morgan fingerprint density at radius 1 is 1.28 bits per heavy atom. The molecule has 1 saturated carbocycles. The van der Waals surface area contributed by atoms with E-state index < -0.39 is 0 Å². The molecule has 1 aliphatic heterocycles. The molecular weight excluding hydrogens is 366 g/mol. The van der Waals surface area contributed by atoms with Crippen LogP contribution in [0.15, 0.2) is 30.3 Å². The molecule has 7 nitrogen and oxygen atoms in total. The van der Waals surface area contributed by atoms with Gasteiger partial charge in [0.15, 0.2) is 0 Å². The fourth-order valence-corrected chi connectivity index (χ4v) is 4.08. The van der Waals surface area contributed by atoms with Crippen molar-refractivity contribution in [3.05, 3.63) is 47.2 Å². The number of aromatic nitrogens is 2. The summed E-state index contributed by atoms with van der Waals surface area (Å²) in [7, 11) is 1.88. The average Bonchev–Trinajstić information content (AvgIpc) is 3.01. The van der Waals surface area contributed by atoms with E-state index in [-0.39, 0.29) is 12.1 Å². The molecule has 2 aliphatic rings. The lowest BCUT2D eigenvalue weighted by atomic mass is 9.83. The van der Waals surface area contributed by atoms with Crippen molar-refractivity contribution in [1.82, 2.24) is 20.0 Å². The number of hydrogen-bond acceptors (Lipinski definition) is 4. The first-order valence-electron chi connectivity index (χ1n) is 10.6. The maximum Gasteiger partial charge on any atom is 0.320 e. The molecule has 156 valence electrons. The van der Waals surface area contributed by atoms with Crippen LogP contribution >= 0.6 is 0 Å². The minimum absolute atomic E-state index is 0.127. The lowest BCUT2D eigenvalue weighted by Crippen LogP contribution is -2.44. The molecule has 1 aromatic carbocycles. The Labute approximate surface area is 172 Å². The van der Waals surface area contributed by atoms with Gasteiger partial charge in [-0.15, -0.1) is 0 Å². The van der Waals surface area contributed by atoms with Gasteiger partial charge in [0.2, 0.25) is 0 Å². The van der Waals surface area contributed by atoms with Crippen molar-refractivity contribution < 1.29 is 9.53 Å². The molecule has 0 radical (unpaired) electrons. The van der Waals surface area contributed by atoms with Gasteiger partial charge < -0.3 is 10.1 Å². The number of ether oxygens (including phenoxy) is 1. The largest absolute Gasteiger partial charge is 0.379 e. The molecular formula is C22H31N5O2. The third-order valence-electron chi connectivity index (χ3n) is 6.03. The van der Waals surface area contributed by atoms with Crippen molar-refractivity contribution in [3.63, 3.8) is 0 Å². The number of nitrogens with zero attached hydrogens (tertiary/aromatic N) is 3. The molecule has 2 aromatic rings. The van der Waals surface area contributed by atoms with E-state index in [9.17, 15) is 4.79 Å². The number of urea groups is 1. The molecule has 29 heavy (non-hydrogen) atoms. The lowest BCUT2D eigenvalue weighted by Gasteiger charge is -2.35. The van der Waals surface area contributed by atoms with E-state index in [1.165, 1.54) is 30.4 Å². The van der Waals surface area contributed by atoms with Crippen molar-refractivity contribution in [3.8, 4) is 0 Å². The van der Waals surface area contributed by atoms with E-state index in [0.29, 0.717) is 12.5 Å². The second-order valence-electron chi connectivity index (χ2n) is 8.12. The third-order valence-corrected chi connectivity index (χ3v) is 6.03. The number of morpholine rings is 1. The predicted molar refractivity (Wildman–Crippen MR) is 113 cm³/mol. The number of nitrogens with one attached hydrogen (secondary N) is 2. The Bertz CT molecular complexity index is 839. The fourth-order valence-electron chi connectivity index (χ4n) is 4.08. The van der Waals surface area contributed by atoms with Crippen molar-refractivity contribution in [2.75, 3.05) is 38.2 Å². The fraction of sp³-hybridized carbons (Fsp3) is 0.545. The number of aryl methyl sites for hydroxylation is 2. The monoisotopic (exact) mass is 397 g/mol. The van der Waals surface area contributed by atoms with Crippen LogP contribution in [-0.2, 0) is 11.8 Å². The minimum atomic E-state index is -0.195. The van der Waals surface area contributed by atoms with E-state index in [1.54, 1.807) is 4.68 Å². The maximum absolute atomic E-state index is 12.6. The van der Waals surface area contributed by atoms with Gasteiger partial charge in [-0.2, -0.15) is 5.10 Å². The van der Waals surface area contributed by atoms with Gasteiger partial charge in [-0.05, 0) is 25.3 Å². The standard InChI is InChI=1S/C22H31N5O2/c1-16-5-3-8-18(13-16)20(27-9-11-29-12-10-27)15-23-22(28)24-21-14-19(25-26(21)2)17-6-4-7-17/h3,5,8,13-14,17,20H,4,6-7,9-12,15H2,1-2H3,(H2,23,24,28). The SMILES string of the molecule is Cc1cccc(C(CNC(=O)Nc2cc(C3CCC3)nn2C)N2CCOCC2)c1. The van der Waals surface area contributed by atoms with Crippen molar-refractivity contribution in [2.24, 2.45) is 7.05 Å². The summed E-state index contributed by atoms with van der Waals surface area (Å²) in [5.74, 6) is 1.29. The van der Waals surface area contributed by atoms with Crippen LogP contribution in [0.2, 0.25) is 0 Å². The highest BCUT2D eigenvalue weighted by Crippen LogP contribution is 2.36. The van der Waals surface area contributed by atoms with Gasteiger partial charge in [0.25, 0.3) is 0 Å². The Hall–Kier alpha value is -2.38. The molecule has 2 heterocycles. The molecule has 2 amide bonds. The second-order valence-corrected chi connectivity index (χ2v) is 8.12. The third kappa shape index (κ3) is 4.79. The first kappa shape index (κ1) is 19.9. The van der Waals surface area contributed by atoms with Crippen LogP contribution in [0.1, 0.15) is 48.0 Å². The van der Waals surface area contributed by atoms with Gasteiger partial charge in [0, 0.05) is 38.7 Å². The topological polar surface area (TPSA) is 71.4 Å². The van der Waals surface area contributed by atoms with E-state index in [1.807, 2.05) is 13.1 Å². The minimum Gasteiger partial charge on any atom is -0.379 e. The average molecular weight is 398 g/mol. The second kappa shape index (κ2) is 8.97. The van der Waals surface area contributed by atoms with Gasteiger partial charge in [-0.25, -0.2) is 4.79 Å². The van der Waals surface area contributed by atoms with Crippen LogP contribution in [0.5, 0.6) is 0 Å². The first-order valence-corrected chi connectivity index (χ1v) is 10.6. The Morgan fingerprint density at radius 2 is 2.07 bits per heavy atom. The highest BCUT2D eigenvalue weighted by Gasteiger charge is 2.25. The molecule has 7 heteroatoms. The Balaban J connectivity index is 1.40. The Morgan fingerprint density at radius 3 is 2.76 bits per heavy atom. The van der Waals surface area contributed by atoms with Crippen LogP contribution < -0.4 is 10.6 Å². The van der Waals surface area contributed by atoms with Crippen molar-refractivity contribution in [2.45, 2.75) is 38.1 Å². The summed E-state index contributed by atoms with van der Waals surface area (Å²) in [6.07, 6.45) is 3.66. The zero-order chi connectivity index (χ0) is 20.2. The molecule has 1 aromatic heterocycles. The van der Waals surface area contributed by atoms with Gasteiger partial charge in [-0.1, -0.05) is 36.2 Å². The molecule has 1 unspecified atom stereocenters. The van der Waals surface area contributed by atoms with Crippen LogP contribution in [0.3, 0.4) is 0 Å². The summed E-state index contributed by atoms with van der Waals surface area (Å²) < 4.78 is 7.27. The van der Waals surface area contributed by atoms with Gasteiger partial charge in [0.05, 0.1) is 24.9 Å². The number of anilines is 1. The number of carbonyl (C=O) groups excluding carboxylic acids is 1. The van der Waals surface area contributed by atoms with Gasteiger partial charge in [-0.3, -0.25) is 14.9 Å². The van der Waals surface area contributed by atoms with E-state index in [2.05, 4.69) is 51.8 Å². The van der Waals surface area contributed by atoms with Crippen LogP contribution in [0.25, 0.3) is 0 Å². The van der Waals surface area contributed by atoms with Gasteiger partial charge in [0.1, 0.15) is 5.82 Å². The molecule has 1 aliphatic carbocycles. The number of rotatable bonds is 6. The van der Waals surface area contributed by atoms with E-state index in [0.717, 1.165) is 37.8 Å². The van der Waals surface area contributed by atoms with E-state index in [4.69, 9.17) is 4.74 Å². The lowest BCUT2D eigenvalue weighted by molar-refractivity contribution is 0.0168. The maximum atomic E-state index is 12.6. The summed E-state index contributed by atoms with van der Waals surface area (Å²) in [6.45, 7) is 5.84.